The molecule has 1 aliphatic rings. The molecule has 1 atom stereocenters. The zero-order chi connectivity index (χ0) is 15.7. The second-order valence-electron chi connectivity index (χ2n) is 5.68. The average molecular weight is 343 g/mol. The van der Waals surface area contributed by atoms with Crippen molar-refractivity contribution in [2.75, 3.05) is 6.54 Å². The number of nitrogens with one attached hydrogen (secondary N) is 2. The van der Waals surface area contributed by atoms with Crippen LogP contribution in [0.15, 0.2) is 23.4 Å². The predicted molar refractivity (Wildman–Crippen MR) is 86.2 cm³/mol. The van der Waals surface area contributed by atoms with E-state index >= 15 is 0 Å². The number of hydrogen-bond acceptors (Lipinski definition) is 4. The van der Waals surface area contributed by atoms with Crippen LogP contribution in [-0.4, -0.2) is 31.0 Å². The summed E-state index contributed by atoms with van der Waals surface area (Å²) in [5.41, 5.74) is 6.24. The maximum atomic E-state index is 12.7. The Morgan fingerprint density at radius 1 is 1.45 bits per heavy atom. The summed E-state index contributed by atoms with van der Waals surface area (Å²) in [7, 11) is -3.70. The molecule has 120 valence electrons. The van der Waals surface area contributed by atoms with Gasteiger partial charge in [0.25, 0.3) is 0 Å². The summed E-state index contributed by atoms with van der Waals surface area (Å²) < 4.78 is 28.2. The van der Waals surface area contributed by atoms with Crippen molar-refractivity contribution in [2.45, 2.75) is 36.6 Å². The van der Waals surface area contributed by atoms with Crippen molar-refractivity contribution in [3.8, 4) is 0 Å². The van der Waals surface area contributed by atoms with E-state index < -0.39 is 10.0 Å². The molecule has 2 aromatic heterocycles. The van der Waals surface area contributed by atoms with Crippen LogP contribution in [0.4, 0.5) is 0 Å². The Kier molecular flexibility index (Phi) is 4.40. The second-order valence-corrected chi connectivity index (χ2v) is 7.77. The summed E-state index contributed by atoms with van der Waals surface area (Å²) >= 11 is 6.13. The minimum Gasteiger partial charge on any atom is -0.345 e. The summed E-state index contributed by atoms with van der Waals surface area (Å²) in [6.07, 6.45) is 7.25. The van der Waals surface area contributed by atoms with Crippen LogP contribution >= 0.6 is 11.6 Å². The molecule has 8 heteroatoms. The van der Waals surface area contributed by atoms with Crippen molar-refractivity contribution in [2.24, 2.45) is 11.7 Å². The summed E-state index contributed by atoms with van der Waals surface area (Å²) in [5.74, 6) is 0.304. The van der Waals surface area contributed by atoms with Gasteiger partial charge >= 0.3 is 0 Å². The van der Waals surface area contributed by atoms with Crippen LogP contribution in [0, 0.1) is 5.92 Å². The molecule has 1 aliphatic carbocycles. The highest BCUT2D eigenvalue weighted by Crippen LogP contribution is 2.31. The van der Waals surface area contributed by atoms with E-state index in [1.54, 1.807) is 6.07 Å². The Morgan fingerprint density at radius 2 is 2.18 bits per heavy atom. The van der Waals surface area contributed by atoms with Gasteiger partial charge in [-0.3, -0.25) is 0 Å². The molecule has 22 heavy (non-hydrogen) atoms. The van der Waals surface area contributed by atoms with Crippen molar-refractivity contribution < 1.29 is 8.42 Å². The van der Waals surface area contributed by atoms with E-state index in [9.17, 15) is 8.42 Å². The molecule has 0 aromatic carbocycles. The van der Waals surface area contributed by atoms with E-state index in [1.807, 2.05) is 0 Å². The van der Waals surface area contributed by atoms with E-state index in [0.717, 1.165) is 25.7 Å². The first-order chi connectivity index (χ1) is 10.5. The lowest BCUT2D eigenvalue weighted by molar-refractivity contribution is 0.406. The van der Waals surface area contributed by atoms with E-state index in [0.29, 0.717) is 22.0 Å². The molecule has 1 unspecified atom stereocenters. The summed E-state index contributed by atoms with van der Waals surface area (Å²) in [6.45, 7) is 0.290. The van der Waals surface area contributed by atoms with Gasteiger partial charge in [-0.25, -0.2) is 18.1 Å². The van der Waals surface area contributed by atoms with Gasteiger partial charge in [0, 0.05) is 25.0 Å². The monoisotopic (exact) mass is 342 g/mol. The largest absolute Gasteiger partial charge is 0.345 e. The van der Waals surface area contributed by atoms with E-state index in [2.05, 4.69) is 14.7 Å². The molecule has 0 bridgehead atoms. The van der Waals surface area contributed by atoms with Crippen molar-refractivity contribution in [1.29, 1.82) is 0 Å². The number of halogens is 1. The molecule has 0 saturated heterocycles. The fourth-order valence-electron chi connectivity index (χ4n) is 3.16. The maximum Gasteiger partial charge on any atom is 0.243 e. The first-order valence-electron chi connectivity index (χ1n) is 7.37. The van der Waals surface area contributed by atoms with E-state index in [1.165, 1.54) is 12.4 Å². The number of hydrogen-bond donors (Lipinski definition) is 3. The van der Waals surface area contributed by atoms with E-state index in [-0.39, 0.29) is 17.5 Å². The topological polar surface area (TPSA) is 101 Å². The number of nitrogens with two attached hydrogens (primary N) is 1. The zero-order valence-corrected chi connectivity index (χ0v) is 13.6. The normalized spacial score (nSPS) is 18.1. The van der Waals surface area contributed by atoms with Gasteiger partial charge in [-0.05, 0) is 24.8 Å². The Bertz CT molecular complexity index is 768. The van der Waals surface area contributed by atoms with Crippen LogP contribution in [0.5, 0.6) is 0 Å². The molecule has 0 spiro atoms. The third-order valence-electron chi connectivity index (χ3n) is 4.31. The molecular weight excluding hydrogens is 324 g/mol. The highest BCUT2D eigenvalue weighted by atomic mass is 35.5. The number of nitrogens with zero attached hydrogens (tertiary/aromatic N) is 1. The Hall–Kier alpha value is -1.15. The number of fused-ring (bicyclic) bond motifs is 1. The SMILES string of the molecule is NCC(NS(=O)(=O)c1c[nH]c2nccc(Cl)c12)C1CCCC1. The van der Waals surface area contributed by atoms with E-state index in [4.69, 9.17) is 17.3 Å². The van der Waals surface area contributed by atoms with Crippen LogP contribution in [0.3, 0.4) is 0 Å². The van der Waals surface area contributed by atoms with Crippen molar-refractivity contribution >= 4 is 32.7 Å². The molecule has 0 aliphatic heterocycles. The smallest absolute Gasteiger partial charge is 0.243 e. The lowest BCUT2D eigenvalue weighted by Crippen LogP contribution is -2.44. The molecule has 2 aromatic rings. The second kappa shape index (κ2) is 6.16. The first-order valence-corrected chi connectivity index (χ1v) is 9.23. The Morgan fingerprint density at radius 3 is 2.86 bits per heavy atom. The number of aromatic amines is 1. The molecule has 0 radical (unpaired) electrons. The third-order valence-corrected chi connectivity index (χ3v) is 6.13. The van der Waals surface area contributed by atoms with Crippen LogP contribution < -0.4 is 10.5 Å². The molecule has 6 nitrogen and oxygen atoms in total. The van der Waals surface area contributed by atoms with Gasteiger partial charge in [0.2, 0.25) is 10.0 Å². The summed E-state index contributed by atoms with van der Waals surface area (Å²) in [4.78, 5) is 7.07. The van der Waals surface area contributed by atoms with Crippen molar-refractivity contribution in [3.63, 3.8) is 0 Å². The molecule has 0 amide bonds. The number of aromatic nitrogens is 2. The lowest BCUT2D eigenvalue weighted by atomic mass is 9.99. The first kappa shape index (κ1) is 15.7. The third kappa shape index (κ3) is 2.86. The molecular formula is C14H19ClN4O2S. The van der Waals surface area contributed by atoms with Crippen LogP contribution in [-0.2, 0) is 10.0 Å². The number of pyridine rings is 1. The molecule has 3 rings (SSSR count). The van der Waals surface area contributed by atoms with Crippen molar-refractivity contribution in [1.82, 2.24) is 14.7 Å². The standard InChI is InChI=1S/C14H19ClN4O2S/c15-10-5-6-17-14-13(10)12(8-18-14)22(20,21)19-11(7-16)9-3-1-2-4-9/h5-6,8-9,11,19H,1-4,7,16H2,(H,17,18). The zero-order valence-electron chi connectivity index (χ0n) is 12.0. The van der Waals surface area contributed by atoms with Crippen LogP contribution in [0.25, 0.3) is 11.0 Å². The maximum absolute atomic E-state index is 12.7. The number of sulfonamides is 1. The van der Waals surface area contributed by atoms with Gasteiger partial charge in [-0.1, -0.05) is 24.4 Å². The number of H-pyrrole nitrogens is 1. The lowest BCUT2D eigenvalue weighted by Gasteiger charge is -2.22. The molecule has 1 saturated carbocycles. The Balaban J connectivity index is 1.94. The van der Waals surface area contributed by atoms with Gasteiger partial charge in [0.05, 0.1) is 10.4 Å². The quantitative estimate of drug-likeness (QED) is 0.773. The van der Waals surface area contributed by atoms with Gasteiger partial charge in [0.1, 0.15) is 10.5 Å². The summed E-state index contributed by atoms with van der Waals surface area (Å²) in [5, 5.41) is 0.774. The fourth-order valence-corrected chi connectivity index (χ4v) is 4.97. The van der Waals surface area contributed by atoms with Gasteiger partial charge in [-0.2, -0.15) is 0 Å². The fraction of sp³-hybridized carbons (Fsp3) is 0.500. The minimum absolute atomic E-state index is 0.122. The van der Waals surface area contributed by atoms with Gasteiger partial charge in [-0.15, -0.1) is 0 Å². The minimum atomic E-state index is -3.70. The Labute approximate surface area is 134 Å². The van der Waals surface area contributed by atoms with Gasteiger partial charge in [0.15, 0.2) is 0 Å². The van der Waals surface area contributed by atoms with Crippen molar-refractivity contribution in [3.05, 3.63) is 23.5 Å². The molecule has 2 heterocycles. The molecule has 4 N–H and O–H groups in total. The highest BCUT2D eigenvalue weighted by molar-refractivity contribution is 7.89. The van der Waals surface area contributed by atoms with Crippen LogP contribution in [0.1, 0.15) is 25.7 Å². The summed E-state index contributed by atoms with van der Waals surface area (Å²) in [6, 6.07) is 1.33. The van der Waals surface area contributed by atoms with Gasteiger partial charge < -0.3 is 10.7 Å². The highest BCUT2D eigenvalue weighted by Gasteiger charge is 2.30. The predicted octanol–water partition coefficient (Wildman–Crippen LogP) is 2.01. The van der Waals surface area contributed by atoms with Crippen LogP contribution in [0.2, 0.25) is 5.02 Å². The average Bonchev–Trinajstić information content (AvgIpc) is 3.14. The number of rotatable bonds is 5. The molecule has 1 fully saturated rings.